The normalized spacial score (nSPS) is 13.0. The minimum atomic E-state index is -1.14. The predicted molar refractivity (Wildman–Crippen MR) is 148 cm³/mol. The number of primary amides is 1. The average molecular weight is 539 g/mol. The zero-order chi connectivity index (χ0) is 29.1. The number of nitrogen functional groups attached to an aromatic ring is 1. The summed E-state index contributed by atoms with van der Waals surface area (Å²) < 4.78 is 0. The molecule has 2 unspecified atom stereocenters. The van der Waals surface area contributed by atoms with Gasteiger partial charge < -0.3 is 32.1 Å². The molecule has 2 aromatic carbocycles. The van der Waals surface area contributed by atoms with Gasteiger partial charge in [0, 0.05) is 26.1 Å². The predicted octanol–water partition coefficient (Wildman–Crippen LogP) is 0.811. The van der Waals surface area contributed by atoms with Crippen molar-refractivity contribution in [2.75, 3.05) is 14.1 Å². The summed E-state index contributed by atoms with van der Waals surface area (Å²) in [6.45, 7) is 1.94. The number of phenols is 1. The van der Waals surface area contributed by atoms with E-state index in [1.807, 2.05) is 6.92 Å². The Balaban J connectivity index is 2.24. The van der Waals surface area contributed by atoms with E-state index in [1.54, 1.807) is 36.4 Å². The molecule has 0 radical (unpaired) electrons. The lowest BCUT2D eigenvalue weighted by molar-refractivity contribution is -0.142. The molecular weight excluding hydrogens is 500 g/mol. The van der Waals surface area contributed by atoms with Gasteiger partial charge in [0.2, 0.25) is 23.6 Å². The van der Waals surface area contributed by atoms with Gasteiger partial charge in [0.25, 0.3) is 0 Å². The molecular formula is C28H38N6O5. The molecule has 11 heteroatoms. The SMILES string of the molecule is CCCCC(NC(=O)C(Cc1cccc(C(=N)N)c1)C(=O)N(C)C)C(=O)N[C@@H](Cc1ccc(O)cc1)C(N)=O. The number of phenolic OH excluding ortho intramolecular Hbond substituents is 1. The first-order valence-corrected chi connectivity index (χ1v) is 12.7. The highest BCUT2D eigenvalue weighted by Gasteiger charge is 2.32. The molecule has 2 aromatic rings. The number of hydrogen-bond donors (Lipinski definition) is 6. The minimum absolute atomic E-state index is 0.0385. The van der Waals surface area contributed by atoms with Crippen molar-refractivity contribution in [1.29, 1.82) is 5.41 Å². The molecule has 0 aliphatic heterocycles. The van der Waals surface area contributed by atoms with E-state index < -0.39 is 41.6 Å². The molecule has 8 N–H and O–H groups in total. The standard InChI is InChI=1S/C28H38N6O5/c1-4-5-9-22(27(38)33-23(25(31)36)16-17-10-12-20(35)13-11-17)32-26(37)21(28(39)34(2)3)15-18-7-6-8-19(14-18)24(29)30/h6-8,10-14,21-23,35H,4-5,9,15-16H2,1-3H3,(H3,29,30)(H2,31,36)(H,32,37)(H,33,38)/t21?,22?,23-/m0/s1. The van der Waals surface area contributed by atoms with Gasteiger partial charge in [-0.2, -0.15) is 0 Å². The Morgan fingerprint density at radius 2 is 1.56 bits per heavy atom. The molecule has 0 saturated carbocycles. The van der Waals surface area contributed by atoms with E-state index in [9.17, 15) is 24.3 Å². The van der Waals surface area contributed by atoms with Crippen LogP contribution in [0.2, 0.25) is 0 Å². The lowest BCUT2D eigenvalue weighted by atomic mass is 9.95. The highest BCUT2D eigenvalue weighted by molar-refractivity contribution is 6.02. The Labute approximate surface area is 228 Å². The van der Waals surface area contributed by atoms with E-state index in [0.29, 0.717) is 29.5 Å². The van der Waals surface area contributed by atoms with Gasteiger partial charge >= 0.3 is 0 Å². The molecule has 0 heterocycles. The van der Waals surface area contributed by atoms with E-state index >= 15 is 0 Å². The summed E-state index contributed by atoms with van der Waals surface area (Å²) in [5, 5.41) is 22.5. The van der Waals surface area contributed by atoms with Crippen molar-refractivity contribution in [3.63, 3.8) is 0 Å². The van der Waals surface area contributed by atoms with Crippen LogP contribution in [0.4, 0.5) is 0 Å². The van der Waals surface area contributed by atoms with E-state index in [1.165, 1.54) is 31.1 Å². The number of hydrogen-bond acceptors (Lipinski definition) is 6. The Morgan fingerprint density at radius 3 is 2.13 bits per heavy atom. The van der Waals surface area contributed by atoms with Crippen LogP contribution < -0.4 is 22.1 Å². The number of nitrogens with two attached hydrogens (primary N) is 2. The second-order valence-electron chi connectivity index (χ2n) is 9.64. The Hall–Kier alpha value is -4.41. The zero-order valence-electron chi connectivity index (χ0n) is 22.6. The number of unbranched alkanes of at least 4 members (excludes halogenated alkanes) is 1. The summed E-state index contributed by atoms with van der Waals surface area (Å²) >= 11 is 0. The molecule has 0 fully saturated rings. The highest BCUT2D eigenvalue weighted by atomic mass is 16.3. The molecule has 0 saturated heterocycles. The molecule has 0 aromatic heterocycles. The number of carbonyl (C=O) groups excluding carboxylic acids is 4. The van der Waals surface area contributed by atoms with E-state index in [4.69, 9.17) is 16.9 Å². The fourth-order valence-corrected chi connectivity index (χ4v) is 4.02. The Morgan fingerprint density at radius 1 is 0.923 bits per heavy atom. The van der Waals surface area contributed by atoms with E-state index in [0.717, 1.165) is 6.42 Å². The summed E-state index contributed by atoms with van der Waals surface area (Å²) in [5.41, 5.74) is 12.9. The number of amides is 4. The van der Waals surface area contributed by atoms with Crippen molar-refractivity contribution in [3.8, 4) is 5.75 Å². The maximum absolute atomic E-state index is 13.4. The molecule has 39 heavy (non-hydrogen) atoms. The quantitative estimate of drug-likeness (QED) is 0.117. The number of carbonyl (C=O) groups is 4. The van der Waals surface area contributed by atoms with Crippen LogP contribution in [0.15, 0.2) is 48.5 Å². The second kappa shape index (κ2) is 14.5. The van der Waals surface area contributed by atoms with Crippen molar-refractivity contribution < 1.29 is 24.3 Å². The van der Waals surface area contributed by atoms with E-state index in [2.05, 4.69) is 10.6 Å². The van der Waals surface area contributed by atoms with Gasteiger partial charge in [-0.3, -0.25) is 24.6 Å². The minimum Gasteiger partial charge on any atom is -0.508 e. The molecule has 2 rings (SSSR count). The lowest BCUT2D eigenvalue weighted by Gasteiger charge is -2.25. The van der Waals surface area contributed by atoms with Gasteiger partial charge in [-0.25, -0.2) is 0 Å². The fraction of sp³-hybridized carbons (Fsp3) is 0.393. The summed E-state index contributed by atoms with van der Waals surface area (Å²) in [4.78, 5) is 53.1. The van der Waals surface area contributed by atoms with Crippen LogP contribution in [-0.2, 0) is 32.0 Å². The molecule has 210 valence electrons. The van der Waals surface area contributed by atoms with E-state index in [-0.39, 0.29) is 24.4 Å². The fourth-order valence-electron chi connectivity index (χ4n) is 4.02. The number of nitrogens with zero attached hydrogens (tertiary/aromatic N) is 1. The van der Waals surface area contributed by atoms with Crippen LogP contribution in [-0.4, -0.2) is 65.6 Å². The maximum Gasteiger partial charge on any atom is 0.243 e. The Bertz CT molecular complexity index is 1180. The number of nitrogens with one attached hydrogen (secondary N) is 3. The second-order valence-corrected chi connectivity index (χ2v) is 9.64. The number of benzene rings is 2. The first kappa shape index (κ1) is 30.8. The van der Waals surface area contributed by atoms with Crippen molar-refractivity contribution in [2.45, 2.75) is 51.1 Å². The third-order valence-corrected chi connectivity index (χ3v) is 6.25. The summed E-state index contributed by atoms with van der Waals surface area (Å²) in [7, 11) is 3.08. The number of amidine groups is 1. The van der Waals surface area contributed by atoms with Crippen molar-refractivity contribution in [3.05, 3.63) is 65.2 Å². The zero-order valence-corrected chi connectivity index (χ0v) is 22.6. The molecule has 3 atom stereocenters. The summed E-state index contributed by atoms with van der Waals surface area (Å²) in [6, 6.07) is 10.9. The molecule has 0 bridgehead atoms. The van der Waals surface area contributed by atoms with Crippen molar-refractivity contribution in [2.24, 2.45) is 17.4 Å². The molecule has 4 amide bonds. The lowest BCUT2D eigenvalue weighted by Crippen LogP contribution is -2.55. The topological polar surface area (TPSA) is 192 Å². The van der Waals surface area contributed by atoms with Gasteiger partial charge in [-0.15, -0.1) is 0 Å². The van der Waals surface area contributed by atoms with Crippen LogP contribution in [0, 0.1) is 11.3 Å². The number of aromatic hydroxyl groups is 1. The van der Waals surface area contributed by atoms with Gasteiger partial charge in [-0.1, -0.05) is 50.1 Å². The Kier molecular flexibility index (Phi) is 11.5. The van der Waals surface area contributed by atoms with Crippen LogP contribution in [0.1, 0.15) is 42.9 Å². The highest BCUT2D eigenvalue weighted by Crippen LogP contribution is 2.15. The monoisotopic (exact) mass is 538 g/mol. The average Bonchev–Trinajstić information content (AvgIpc) is 2.89. The smallest absolute Gasteiger partial charge is 0.243 e. The van der Waals surface area contributed by atoms with Crippen LogP contribution in [0.3, 0.4) is 0 Å². The molecule has 0 aliphatic rings. The third kappa shape index (κ3) is 9.44. The van der Waals surface area contributed by atoms with Crippen LogP contribution in [0.5, 0.6) is 5.75 Å². The van der Waals surface area contributed by atoms with Crippen molar-refractivity contribution >= 4 is 29.5 Å². The molecule has 11 nitrogen and oxygen atoms in total. The van der Waals surface area contributed by atoms with Gasteiger partial charge in [-0.05, 0) is 42.2 Å². The molecule has 0 aliphatic carbocycles. The number of rotatable bonds is 14. The molecule has 0 spiro atoms. The van der Waals surface area contributed by atoms with Crippen LogP contribution >= 0.6 is 0 Å². The van der Waals surface area contributed by atoms with Crippen molar-refractivity contribution in [1.82, 2.24) is 15.5 Å². The van der Waals surface area contributed by atoms with Crippen LogP contribution in [0.25, 0.3) is 0 Å². The summed E-state index contributed by atoms with van der Waals surface area (Å²) in [5.74, 6) is -3.62. The largest absolute Gasteiger partial charge is 0.508 e. The van der Waals surface area contributed by atoms with Gasteiger partial charge in [0.15, 0.2) is 0 Å². The van der Waals surface area contributed by atoms with Gasteiger partial charge in [0.05, 0.1) is 0 Å². The summed E-state index contributed by atoms with van der Waals surface area (Å²) in [6.07, 6.45) is 1.80. The van der Waals surface area contributed by atoms with Gasteiger partial charge in [0.1, 0.15) is 29.6 Å². The first-order chi connectivity index (χ1) is 18.4. The third-order valence-electron chi connectivity index (χ3n) is 6.25. The maximum atomic E-state index is 13.4. The first-order valence-electron chi connectivity index (χ1n) is 12.7.